The van der Waals surface area contributed by atoms with E-state index in [-0.39, 0.29) is 24.7 Å². The lowest BCUT2D eigenvalue weighted by Crippen LogP contribution is -2.34. The average molecular weight is 445 g/mol. The van der Waals surface area contributed by atoms with Crippen molar-refractivity contribution in [2.45, 2.75) is 13.1 Å². The van der Waals surface area contributed by atoms with E-state index >= 15 is 0 Å². The number of anilines is 1. The highest BCUT2D eigenvalue weighted by molar-refractivity contribution is 7.22. The Balaban J connectivity index is 1.52. The van der Waals surface area contributed by atoms with Gasteiger partial charge in [-0.3, -0.25) is 24.8 Å². The number of non-ortho nitro benzene ring substituents is 1. The first-order valence-electron chi connectivity index (χ1n) is 9.62. The van der Waals surface area contributed by atoms with E-state index in [0.29, 0.717) is 26.6 Å². The molecule has 11 heteroatoms. The normalized spacial score (nSPS) is 11.1. The molecule has 10 nitrogen and oxygen atoms in total. The van der Waals surface area contributed by atoms with Crippen LogP contribution in [0.25, 0.3) is 21.3 Å². The fourth-order valence-corrected chi connectivity index (χ4v) is 4.31. The number of benzene rings is 2. The summed E-state index contributed by atoms with van der Waals surface area (Å²) in [6.45, 7) is 0.164. The SMILES string of the molecule is O=C(Cn1nnc2ccccc21)N(Cc1ccccn1)c1nc2ccc([N+](=O)[O-])cc2s1. The van der Waals surface area contributed by atoms with Crippen LogP contribution in [0.4, 0.5) is 10.8 Å². The van der Waals surface area contributed by atoms with Crippen molar-refractivity contribution >= 4 is 49.3 Å². The van der Waals surface area contributed by atoms with Crippen molar-refractivity contribution in [3.8, 4) is 0 Å². The van der Waals surface area contributed by atoms with Gasteiger partial charge in [0, 0.05) is 18.3 Å². The molecule has 3 heterocycles. The van der Waals surface area contributed by atoms with Crippen LogP contribution >= 0.6 is 11.3 Å². The molecule has 0 aliphatic heterocycles. The second-order valence-corrected chi connectivity index (χ2v) is 7.95. The lowest BCUT2D eigenvalue weighted by Gasteiger charge is -2.19. The standard InChI is InChI=1S/C21H15N7O3S/c29-20(13-27-18-7-2-1-6-16(18)24-25-27)26(12-14-5-3-4-10-22-14)21-23-17-9-8-15(28(30)31)11-19(17)32-21/h1-11H,12-13H2. The van der Waals surface area contributed by atoms with Gasteiger partial charge in [-0.15, -0.1) is 5.10 Å². The van der Waals surface area contributed by atoms with Crippen molar-refractivity contribution in [2.75, 3.05) is 4.90 Å². The monoisotopic (exact) mass is 445 g/mol. The average Bonchev–Trinajstić information content (AvgIpc) is 3.41. The Bertz CT molecular complexity index is 1450. The zero-order chi connectivity index (χ0) is 22.1. The van der Waals surface area contributed by atoms with Crippen molar-refractivity contribution in [1.82, 2.24) is 25.0 Å². The zero-order valence-corrected chi connectivity index (χ0v) is 17.3. The van der Waals surface area contributed by atoms with Gasteiger partial charge in [0.1, 0.15) is 12.1 Å². The summed E-state index contributed by atoms with van der Waals surface area (Å²) in [5, 5.41) is 19.8. The van der Waals surface area contributed by atoms with Crippen molar-refractivity contribution in [1.29, 1.82) is 0 Å². The lowest BCUT2D eigenvalue weighted by molar-refractivity contribution is -0.384. The van der Waals surface area contributed by atoms with Crippen LogP contribution in [-0.4, -0.2) is 35.8 Å². The second kappa shape index (κ2) is 8.12. The van der Waals surface area contributed by atoms with Crippen LogP contribution in [0, 0.1) is 10.1 Å². The molecule has 0 radical (unpaired) electrons. The number of carbonyl (C=O) groups excluding carboxylic acids is 1. The van der Waals surface area contributed by atoms with Gasteiger partial charge in [0.25, 0.3) is 11.6 Å². The Labute approximate surface area is 184 Å². The van der Waals surface area contributed by atoms with Gasteiger partial charge in [0.05, 0.1) is 32.9 Å². The second-order valence-electron chi connectivity index (χ2n) is 6.94. The van der Waals surface area contributed by atoms with E-state index in [1.807, 2.05) is 36.4 Å². The Hall–Kier alpha value is -4.25. The maximum Gasteiger partial charge on any atom is 0.270 e. The van der Waals surface area contributed by atoms with Crippen LogP contribution in [0.15, 0.2) is 66.9 Å². The third kappa shape index (κ3) is 3.76. The first-order valence-corrected chi connectivity index (χ1v) is 10.4. The van der Waals surface area contributed by atoms with Gasteiger partial charge >= 0.3 is 0 Å². The number of carbonyl (C=O) groups is 1. The third-order valence-corrected chi connectivity index (χ3v) is 5.90. The first-order chi connectivity index (χ1) is 15.6. The molecule has 0 fully saturated rings. The molecule has 0 aliphatic carbocycles. The van der Waals surface area contributed by atoms with E-state index in [2.05, 4.69) is 20.3 Å². The smallest absolute Gasteiger partial charge is 0.270 e. The van der Waals surface area contributed by atoms with Crippen molar-refractivity contribution < 1.29 is 9.72 Å². The number of hydrogen-bond donors (Lipinski definition) is 0. The lowest BCUT2D eigenvalue weighted by atomic mass is 10.3. The van der Waals surface area contributed by atoms with E-state index < -0.39 is 4.92 Å². The highest BCUT2D eigenvalue weighted by atomic mass is 32.1. The van der Waals surface area contributed by atoms with Gasteiger partial charge in [-0.2, -0.15) is 0 Å². The molecule has 32 heavy (non-hydrogen) atoms. The summed E-state index contributed by atoms with van der Waals surface area (Å²) in [5.41, 5.74) is 2.70. The summed E-state index contributed by atoms with van der Waals surface area (Å²) in [6.07, 6.45) is 1.66. The molecule has 0 unspecified atom stereocenters. The number of nitrogens with zero attached hydrogens (tertiary/aromatic N) is 7. The predicted octanol–water partition coefficient (Wildman–Crippen LogP) is 3.58. The molecule has 1 amide bonds. The zero-order valence-electron chi connectivity index (χ0n) is 16.5. The van der Waals surface area contributed by atoms with Gasteiger partial charge in [0.2, 0.25) is 0 Å². The first kappa shape index (κ1) is 19.7. The van der Waals surface area contributed by atoms with Crippen molar-refractivity contribution in [3.05, 3.63) is 82.7 Å². The minimum atomic E-state index is -0.453. The maximum atomic E-state index is 13.4. The molecule has 0 bridgehead atoms. The number of nitro groups is 1. The number of thiazole rings is 1. The number of nitro benzene ring substituents is 1. The summed E-state index contributed by atoms with van der Waals surface area (Å²) in [7, 11) is 0. The minimum Gasteiger partial charge on any atom is -0.280 e. The van der Waals surface area contributed by atoms with Crippen LogP contribution in [0.3, 0.4) is 0 Å². The van der Waals surface area contributed by atoms with Crippen molar-refractivity contribution in [3.63, 3.8) is 0 Å². The van der Waals surface area contributed by atoms with Crippen LogP contribution in [0.5, 0.6) is 0 Å². The Morgan fingerprint density at radius 3 is 2.75 bits per heavy atom. The molecule has 0 N–H and O–H groups in total. The number of para-hydroxylation sites is 1. The molecule has 158 valence electrons. The number of fused-ring (bicyclic) bond motifs is 2. The molecule has 5 rings (SSSR count). The number of rotatable bonds is 6. The Morgan fingerprint density at radius 1 is 1.09 bits per heavy atom. The number of pyridine rings is 1. The molecular weight excluding hydrogens is 430 g/mol. The summed E-state index contributed by atoms with van der Waals surface area (Å²) >= 11 is 1.22. The number of aromatic nitrogens is 5. The van der Waals surface area contributed by atoms with Crippen LogP contribution in [0.1, 0.15) is 5.69 Å². The minimum absolute atomic E-state index is 0.0237. The Kier molecular flexibility index (Phi) is 5.00. The van der Waals surface area contributed by atoms with Gasteiger partial charge in [-0.25, -0.2) is 9.67 Å². The van der Waals surface area contributed by atoms with E-state index in [0.717, 1.165) is 5.52 Å². The van der Waals surface area contributed by atoms with E-state index in [4.69, 9.17) is 0 Å². The molecule has 0 saturated carbocycles. The highest BCUT2D eigenvalue weighted by Gasteiger charge is 2.23. The molecule has 5 aromatic rings. The quantitative estimate of drug-likeness (QED) is 0.289. The molecule has 0 aliphatic rings. The maximum absolute atomic E-state index is 13.4. The summed E-state index contributed by atoms with van der Waals surface area (Å²) in [4.78, 5) is 34.4. The van der Waals surface area contributed by atoms with Crippen LogP contribution in [-0.2, 0) is 17.9 Å². The molecule has 0 spiro atoms. The molecule has 0 atom stereocenters. The molecule has 2 aromatic carbocycles. The Morgan fingerprint density at radius 2 is 1.94 bits per heavy atom. The third-order valence-electron chi connectivity index (χ3n) is 4.86. The van der Waals surface area contributed by atoms with Crippen molar-refractivity contribution in [2.24, 2.45) is 0 Å². The van der Waals surface area contributed by atoms with Gasteiger partial charge in [-0.1, -0.05) is 34.7 Å². The molecular formula is C21H15N7O3S. The van der Waals surface area contributed by atoms with Crippen LogP contribution in [0.2, 0.25) is 0 Å². The van der Waals surface area contributed by atoms with E-state index in [1.54, 1.807) is 23.0 Å². The number of hydrogen-bond acceptors (Lipinski definition) is 8. The fourth-order valence-electron chi connectivity index (χ4n) is 3.29. The van der Waals surface area contributed by atoms with Gasteiger partial charge in [-0.05, 0) is 30.3 Å². The predicted molar refractivity (Wildman–Crippen MR) is 119 cm³/mol. The largest absolute Gasteiger partial charge is 0.280 e. The van der Waals surface area contributed by atoms with Gasteiger partial charge < -0.3 is 0 Å². The molecule has 0 saturated heterocycles. The molecule has 3 aromatic heterocycles. The van der Waals surface area contributed by atoms with Crippen LogP contribution < -0.4 is 4.90 Å². The number of amides is 1. The van der Waals surface area contributed by atoms with E-state index in [1.165, 1.54) is 28.4 Å². The van der Waals surface area contributed by atoms with E-state index in [9.17, 15) is 14.9 Å². The fraction of sp³-hybridized carbons (Fsp3) is 0.0952. The van der Waals surface area contributed by atoms with Gasteiger partial charge in [0.15, 0.2) is 5.13 Å². The summed E-state index contributed by atoms with van der Waals surface area (Å²) < 4.78 is 2.17. The topological polar surface area (TPSA) is 120 Å². The highest BCUT2D eigenvalue weighted by Crippen LogP contribution is 2.32. The summed E-state index contributed by atoms with van der Waals surface area (Å²) in [5.74, 6) is -0.250. The summed E-state index contributed by atoms with van der Waals surface area (Å²) in [6, 6.07) is 17.3.